The van der Waals surface area contributed by atoms with Crippen LogP contribution in [0.5, 0.6) is 5.88 Å². The summed E-state index contributed by atoms with van der Waals surface area (Å²) in [5.74, 6) is -0.724. The standard InChI is InChI=1S/C16H11BrClN3O2/c1-8-6-10-13(11(17)7-8)19-16(23)14(10)20-21-15(22)9-4-2-3-5-12(9)18/h2-7,19,23H,1H3. The molecule has 1 heterocycles. The lowest BCUT2D eigenvalue weighted by atomic mass is 10.1. The molecular weight excluding hydrogens is 382 g/mol. The van der Waals surface area contributed by atoms with E-state index in [1.54, 1.807) is 24.3 Å². The van der Waals surface area contributed by atoms with Gasteiger partial charge in [0, 0.05) is 9.86 Å². The summed E-state index contributed by atoms with van der Waals surface area (Å²) in [5.41, 5.74) is 2.14. The van der Waals surface area contributed by atoms with Crippen molar-refractivity contribution in [3.8, 4) is 5.88 Å². The minimum absolute atomic E-state index is 0.151. The Hall–Kier alpha value is -2.18. The molecule has 116 valence electrons. The van der Waals surface area contributed by atoms with Crippen molar-refractivity contribution in [1.82, 2.24) is 4.98 Å². The van der Waals surface area contributed by atoms with Crippen LogP contribution in [0.1, 0.15) is 15.9 Å². The Labute approximate surface area is 145 Å². The molecule has 0 unspecified atom stereocenters. The summed E-state index contributed by atoms with van der Waals surface area (Å²) in [6.07, 6.45) is 0. The van der Waals surface area contributed by atoms with E-state index >= 15 is 0 Å². The number of fused-ring (bicyclic) bond motifs is 1. The number of carbonyl (C=O) groups is 1. The molecular formula is C16H11BrClN3O2. The van der Waals surface area contributed by atoms with Gasteiger partial charge in [0.2, 0.25) is 5.88 Å². The molecule has 1 amide bonds. The quantitative estimate of drug-likeness (QED) is 0.563. The molecule has 23 heavy (non-hydrogen) atoms. The molecule has 0 saturated heterocycles. The number of hydrogen-bond acceptors (Lipinski definition) is 3. The zero-order valence-corrected chi connectivity index (χ0v) is 14.3. The van der Waals surface area contributed by atoms with E-state index in [0.29, 0.717) is 15.9 Å². The van der Waals surface area contributed by atoms with Gasteiger partial charge < -0.3 is 10.1 Å². The number of carbonyl (C=O) groups excluding carboxylic acids is 1. The number of aromatic hydroxyl groups is 1. The molecule has 5 nitrogen and oxygen atoms in total. The fraction of sp³-hybridized carbons (Fsp3) is 0.0625. The third-order valence-electron chi connectivity index (χ3n) is 3.30. The lowest BCUT2D eigenvalue weighted by Crippen LogP contribution is -1.94. The smallest absolute Gasteiger partial charge is 0.296 e. The van der Waals surface area contributed by atoms with Crippen LogP contribution in [0.4, 0.5) is 5.69 Å². The van der Waals surface area contributed by atoms with Crippen LogP contribution >= 0.6 is 27.5 Å². The molecule has 0 saturated carbocycles. The topological polar surface area (TPSA) is 77.8 Å². The summed E-state index contributed by atoms with van der Waals surface area (Å²) in [6, 6.07) is 10.4. The number of H-pyrrole nitrogens is 1. The maximum absolute atomic E-state index is 12.1. The van der Waals surface area contributed by atoms with E-state index in [9.17, 15) is 9.90 Å². The number of hydrogen-bond donors (Lipinski definition) is 2. The van der Waals surface area contributed by atoms with Crippen LogP contribution in [0.3, 0.4) is 0 Å². The molecule has 3 rings (SSSR count). The summed E-state index contributed by atoms with van der Waals surface area (Å²) in [7, 11) is 0. The second-order valence-corrected chi connectivity index (χ2v) is 6.24. The highest BCUT2D eigenvalue weighted by Gasteiger charge is 2.15. The number of aromatic amines is 1. The van der Waals surface area contributed by atoms with Crippen LogP contribution in [-0.2, 0) is 0 Å². The largest absolute Gasteiger partial charge is 0.493 e. The second kappa shape index (κ2) is 6.14. The Morgan fingerprint density at radius 3 is 2.78 bits per heavy atom. The zero-order chi connectivity index (χ0) is 16.6. The second-order valence-electron chi connectivity index (χ2n) is 4.98. The molecule has 0 radical (unpaired) electrons. The van der Waals surface area contributed by atoms with Crippen LogP contribution in [-0.4, -0.2) is 16.0 Å². The van der Waals surface area contributed by atoms with Gasteiger partial charge in [0.15, 0.2) is 5.69 Å². The predicted molar refractivity (Wildman–Crippen MR) is 92.7 cm³/mol. The maximum Gasteiger partial charge on any atom is 0.296 e. The van der Waals surface area contributed by atoms with Gasteiger partial charge in [0.25, 0.3) is 5.91 Å². The average molecular weight is 393 g/mol. The number of nitrogens with one attached hydrogen (secondary N) is 1. The highest BCUT2D eigenvalue weighted by molar-refractivity contribution is 9.10. The van der Waals surface area contributed by atoms with Gasteiger partial charge in [0.05, 0.1) is 16.1 Å². The lowest BCUT2D eigenvalue weighted by Gasteiger charge is -1.98. The van der Waals surface area contributed by atoms with Crippen molar-refractivity contribution in [2.75, 3.05) is 0 Å². The number of aryl methyl sites for hydroxylation is 1. The highest BCUT2D eigenvalue weighted by atomic mass is 79.9. The fourth-order valence-electron chi connectivity index (χ4n) is 2.25. The molecule has 2 N–H and O–H groups in total. The van der Waals surface area contributed by atoms with E-state index in [1.165, 1.54) is 0 Å². The fourth-order valence-corrected chi connectivity index (χ4v) is 3.14. The number of azo groups is 1. The Morgan fingerprint density at radius 2 is 2.04 bits per heavy atom. The molecule has 0 spiro atoms. The number of nitrogens with zero attached hydrogens (tertiary/aromatic N) is 2. The lowest BCUT2D eigenvalue weighted by molar-refractivity contribution is 0.0995. The zero-order valence-electron chi connectivity index (χ0n) is 12.0. The molecule has 0 atom stereocenters. The van der Waals surface area contributed by atoms with Crippen LogP contribution < -0.4 is 0 Å². The molecule has 0 aliphatic rings. The van der Waals surface area contributed by atoms with Gasteiger partial charge in [-0.05, 0) is 52.7 Å². The average Bonchev–Trinajstić information content (AvgIpc) is 2.81. The van der Waals surface area contributed by atoms with E-state index in [1.807, 2.05) is 19.1 Å². The third kappa shape index (κ3) is 3.00. The first-order chi connectivity index (χ1) is 11.0. The van der Waals surface area contributed by atoms with Crippen LogP contribution in [0.15, 0.2) is 51.1 Å². The first-order valence-corrected chi connectivity index (χ1v) is 7.86. The summed E-state index contributed by atoms with van der Waals surface area (Å²) in [6.45, 7) is 1.92. The Kier molecular flexibility index (Phi) is 4.19. The first-order valence-electron chi connectivity index (χ1n) is 6.68. The first kappa shape index (κ1) is 15.7. The van der Waals surface area contributed by atoms with Crippen LogP contribution in [0.25, 0.3) is 10.9 Å². The Balaban J connectivity index is 2.03. The van der Waals surface area contributed by atoms with Gasteiger partial charge >= 0.3 is 0 Å². The van der Waals surface area contributed by atoms with Crippen molar-refractivity contribution in [3.63, 3.8) is 0 Å². The van der Waals surface area contributed by atoms with Crippen molar-refractivity contribution >= 4 is 50.0 Å². The monoisotopic (exact) mass is 391 g/mol. The molecule has 0 fully saturated rings. The van der Waals surface area contributed by atoms with E-state index in [-0.39, 0.29) is 17.1 Å². The van der Waals surface area contributed by atoms with E-state index in [0.717, 1.165) is 10.0 Å². The summed E-state index contributed by atoms with van der Waals surface area (Å²) < 4.78 is 0.793. The normalized spacial score (nSPS) is 11.4. The number of halogens is 2. The number of amides is 1. The van der Waals surface area contributed by atoms with Gasteiger partial charge in [-0.2, -0.15) is 0 Å². The van der Waals surface area contributed by atoms with Crippen molar-refractivity contribution < 1.29 is 9.90 Å². The molecule has 7 heteroatoms. The van der Waals surface area contributed by atoms with E-state index in [2.05, 4.69) is 31.1 Å². The number of aromatic nitrogens is 1. The van der Waals surface area contributed by atoms with Gasteiger partial charge in [-0.3, -0.25) is 4.79 Å². The van der Waals surface area contributed by atoms with Gasteiger partial charge in [-0.15, -0.1) is 10.2 Å². The molecule has 0 aliphatic heterocycles. The molecule has 1 aromatic heterocycles. The Morgan fingerprint density at radius 1 is 1.30 bits per heavy atom. The van der Waals surface area contributed by atoms with Crippen molar-refractivity contribution in [3.05, 3.63) is 57.0 Å². The van der Waals surface area contributed by atoms with Crippen LogP contribution in [0.2, 0.25) is 5.02 Å². The molecule has 2 aromatic carbocycles. The maximum atomic E-state index is 12.1. The number of benzene rings is 2. The van der Waals surface area contributed by atoms with Gasteiger partial charge in [-0.25, -0.2) is 0 Å². The van der Waals surface area contributed by atoms with Gasteiger partial charge in [-0.1, -0.05) is 23.7 Å². The molecule has 0 bridgehead atoms. The van der Waals surface area contributed by atoms with Gasteiger partial charge in [0.1, 0.15) is 0 Å². The van der Waals surface area contributed by atoms with Crippen LogP contribution in [0, 0.1) is 6.92 Å². The summed E-state index contributed by atoms with van der Waals surface area (Å²) >= 11 is 9.39. The van der Waals surface area contributed by atoms with E-state index in [4.69, 9.17) is 11.6 Å². The highest BCUT2D eigenvalue weighted by Crippen LogP contribution is 2.39. The molecule has 3 aromatic rings. The number of rotatable bonds is 2. The predicted octanol–water partition coefficient (Wildman–Crippen LogP) is 5.52. The Bertz CT molecular complexity index is 950. The summed E-state index contributed by atoms with van der Waals surface area (Å²) in [4.78, 5) is 14.9. The van der Waals surface area contributed by atoms with E-state index < -0.39 is 5.91 Å². The van der Waals surface area contributed by atoms with Crippen molar-refractivity contribution in [2.24, 2.45) is 10.2 Å². The SMILES string of the molecule is Cc1cc(Br)c2[nH]c(O)c(N=NC(=O)c3ccccc3Cl)c2c1. The molecule has 0 aliphatic carbocycles. The minimum atomic E-state index is -0.573. The summed E-state index contributed by atoms with van der Waals surface area (Å²) in [5, 5.41) is 18.6. The van der Waals surface area contributed by atoms with Crippen molar-refractivity contribution in [1.29, 1.82) is 0 Å². The minimum Gasteiger partial charge on any atom is -0.493 e. The van der Waals surface area contributed by atoms with Crippen molar-refractivity contribution in [2.45, 2.75) is 6.92 Å². The third-order valence-corrected chi connectivity index (χ3v) is 4.26.